The molecule has 0 N–H and O–H groups in total. The van der Waals surface area contributed by atoms with E-state index in [1.807, 2.05) is 0 Å². The van der Waals surface area contributed by atoms with Crippen molar-refractivity contribution in [2.45, 2.75) is 40.0 Å². The van der Waals surface area contributed by atoms with Gasteiger partial charge in [0.05, 0.1) is 0 Å². The lowest BCUT2D eigenvalue weighted by Crippen LogP contribution is -2.21. The molecule has 0 aromatic heterocycles. The molecule has 0 nitrogen and oxygen atoms in total. The molecule has 17 heavy (non-hydrogen) atoms. The van der Waals surface area contributed by atoms with Crippen LogP contribution in [0.4, 0.5) is 0 Å². The van der Waals surface area contributed by atoms with E-state index < -0.39 is 0 Å². The lowest BCUT2D eigenvalue weighted by Gasteiger charge is -2.28. The Labute approximate surface area is 105 Å². The van der Waals surface area contributed by atoms with Crippen LogP contribution in [0, 0.1) is 17.3 Å². The summed E-state index contributed by atoms with van der Waals surface area (Å²) in [6.45, 7) is 7.25. The van der Waals surface area contributed by atoms with E-state index in [1.165, 1.54) is 24.8 Å². The molecule has 2 atom stereocenters. The molecule has 0 amide bonds. The number of rotatable bonds is 1. The van der Waals surface area contributed by atoms with E-state index in [0.717, 1.165) is 11.8 Å². The minimum Gasteiger partial charge on any atom is -0.0633 e. The Morgan fingerprint density at radius 2 is 1.76 bits per heavy atom. The Morgan fingerprint density at radius 3 is 2.47 bits per heavy atom. The van der Waals surface area contributed by atoms with Crippen LogP contribution in [0.5, 0.6) is 0 Å². The summed E-state index contributed by atoms with van der Waals surface area (Å²) in [7, 11) is 0. The van der Waals surface area contributed by atoms with Gasteiger partial charge in [-0.05, 0) is 48.2 Å². The molecular formula is C17H22. The summed E-state index contributed by atoms with van der Waals surface area (Å²) in [6.07, 6.45) is 4.24. The van der Waals surface area contributed by atoms with Gasteiger partial charge in [0, 0.05) is 0 Å². The van der Waals surface area contributed by atoms with E-state index in [9.17, 15) is 0 Å². The second-order valence-corrected chi connectivity index (χ2v) is 6.27. The summed E-state index contributed by atoms with van der Waals surface area (Å²) >= 11 is 0. The van der Waals surface area contributed by atoms with Crippen molar-refractivity contribution in [2.75, 3.05) is 0 Å². The Hall–Kier alpha value is -1.04. The van der Waals surface area contributed by atoms with Gasteiger partial charge in [-0.2, -0.15) is 0 Å². The van der Waals surface area contributed by atoms with Gasteiger partial charge in [-0.3, -0.25) is 0 Å². The van der Waals surface area contributed by atoms with Crippen molar-refractivity contribution in [3.63, 3.8) is 0 Å². The Morgan fingerprint density at radius 1 is 1.06 bits per heavy atom. The number of allylic oxidation sites excluding steroid dienone is 2. The monoisotopic (exact) mass is 226 g/mol. The molecule has 90 valence electrons. The minimum atomic E-state index is 0.409. The van der Waals surface area contributed by atoms with Crippen molar-refractivity contribution in [1.82, 2.24) is 0 Å². The molecule has 1 saturated carbocycles. The van der Waals surface area contributed by atoms with Gasteiger partial charge in [0.15, 0.2) is 0 Å². The maximum absolute atomic E-state index is 2.45. The van der Waals surface area contributed by atoms with Gasteiger partial charge in [-0.1, -0.05) is 56.2 Å². The molecule has 2 aliphatic rings. The predicted molar refractivity (Wildman–Crippen MR) is 73.6 cm³/mol. The van der Waals surface area contributed by atoms with Crippen LogP contribution in [0.1, 0.15) is 45.6 Å². The van der Waals surface area contributed by atoms with Gasteiger partial charge < -0.3 is 0 Å². The fraction of sp³-hybridized carbons (Fsp3) is 0.529. The van der Waals surface area contributed by atoms with Crippen molar-refractivity contribution in [2.24, 2.45) is 17.3 Å². The molecule has 0 radical (unpaired) electrons. The first-order chi connectivity index (χ1) is 8.12. The third-order valence-corrected chi connectivity index (χ3v) is 5.27. The molecule has 1 fully saturated rings. The molecule has 1 aromatic carbocycles. The van der Waals surface area contributed by atoms with Gasteiger partial charge in [0.1, 0.15) is 0 Å². The van der Waals surface area contributed by atoms with Crippen molar-refractivity contribution in [3.05, 3.63) is 41.5 Å². The average Bonchev–Trinajstić information content (AvgIpc) is 2.86. The van der Waals surface area contributed by atoms with Crippen LogP contribution in [0.2, 0.25) is 0 Å². The first kappa shape index (κ1) is 11.1. The van der Waals surface area contributed by atoms with Crippen LogP contribution in [0.25, 0.3) is 5.57 Å². The highest BCUT2D eigenvalue weighted by Crippen LogP contribution is 2.59. The molecule has 3 rings (SSSR count). The van der Waals surface area contributed by atoms with Gasteiger partial charge >= 0.3 is 0 Å². The summed E-state index contributed by atoms with van der Waals surface area (Å²) in [4.78, 5) is 0. The fourth-order valence-corrected chi connectivity index (χ4v) is 4.12. The zero-order chi connectivity index (χ0) is 12.0. The Kier molecular flexibility index (Phi) is 2.43. The van der Waals surface area contributed by atoms with Gasteiger partial charge in [0.25, 0.3) is 0 Å². The van der Waals surface area contributed by atoms with E-state index in [4.69, 9.17) is 0 Å². The molecule has 0 saturated heterocycles. The Balaban J connectivity index is 2.12. The van der Waals surface area contributed by atoms with E-state index in [1.54, 1.807) is 11.1 Å². The second kappa shape index (κ2) is 3.73. The molecule has 0 heterocycles. The third-order valence-electron chi connectivity index (χ3n) is 5.27. The molecule has 0 bridgehead atoms. The highest BCUT2D eigenvalue weighted by molar-refractivity contribution is 5.74. The largest absolute Gasteiger partial charge is 0.0633 e. The van der Waals surface area contributed by atoms with Crippen LogP contribution in [-0.2, 0) is 0 Å². The highest BCUT2D eigenvalue weighted by Gasteiger charge is 2.48. The van der Waals surface area contributed by atoms with Crippen LogP contribution in [0.15, 0.2) is 35.9 Å². The Bertz CT molecular complexity index is 450. The minimum absolute atomic E-state index is 0.409. The van der Waals surface area contributed by atoms with Crippen LogP contribution >= 0.6 is 0 Å². The van der Waals surface area contributed by atoms with E-state index >= 15 is 0 Å². The topological polar surface area (TPSA) is 0 Å². The number of hydrogen-bond donors (Lipinski definition) is 0. The zero-order valence-electron chi connectivity index (χ0n) is 11.2. The molecule has 1 aromatic rings. The zero-order valence-corrected chi connectivity index (χ0v) is 11.2. The molecule has 0 heteroatoms. The first-order valence-electron chi connectivity index (χ1n) is 6.89. The van der Waals surface area contributed by atoms with Gasteiger partial charge in [-0.15, -0.1) is 0 Å². The third kappa shape index (κ3) is 1.50. The van der Waals surface area contributed by atoms with Crippen molar-refractivity contribution < 1.29 is 0 Å². The van der Waals surface area contributed by atoms with Crippen LogP contribution < -0.4 is 0 Å². The normalized spacial score (nSPS) is 30.8. The van der Waals surface area contributed by atoms with E-state index in [0.29, 0.717) is 5.41 Å². The quantitative estimate of drug-likeness (QED) is 0.638. The standard InChI is InChI=1S/C17H22/c1-12-16(13-8-5-4-6-9-13)14-10-7-11-15(14)17(12,2)3/h4-6,8-9,14-15H,7,10-11H2,1-3H3/t14-,15+/m1/s1. The maximum atomic E-state index is 2.45. The van der Waals surface area contributed by atoms with Gasteiger partial charge in [0.2, 0.25) is 0 Å². The number of benzene rings is 1. The summed E-state index contributed by atoms with van der Waals surface area (Å²) < 4.78 is 0. The summed E-state index contributed by atoms with van der Waals surface area (Å²) in [5, 5.41) is 0. The van der Waals surface area contributed by atoms with E-state index in [-0.39, 0.29) is 0 Å². The van der Waals surface area contributed by atoms with Crippen molar-refractivity contribution in [1.29, 1.82) is 0 Å². The van der Waals surface area contributed by atoms with Crippen LogP contribution in [0.3, 0.4) is 0 Å². The highest BCUT2D eigenvalue weighted by atomic mass is 14.5. The first-order valence-corrected chi connectivity index (χ1v) is 6.89. The summed E-state index contributed by atoms with van der Waals surface area (Å²) in [5.74, 6) is 1.71. The lowest BCUT2D eigenvalue weighted by atomic mass is 9.76. The SMILES string of the molecule is CC1=C(c2ccccc2)[C@@H]2CCC[C@@H]2C1(C)C. The average molecular weight is 226 g/mol. The lowest BCUT2D eigenvalue weighted by molar-refractivity contribution is 0.265. The van der Waals surface area contributed by atoms with Crippen molar-refractivity contribution >= 4 is 5.57 Å². The number of fused-ring (bicyclic) bond motifs is 1. The summed E-state index contributed by atoms with van der Waals surface area (Å²) in [5.41, 5.74) is 5.18. The molecule has 0 aliphatic heterocycles. The fourth-order valence-electron chi connectivity index (χ4n) is 4.12. The van der Waals surface area contributed by atoms with E-state index in [2.05, 4.69) is 51.1 Å². The summed E-state index contributed by atoms with van der Waals surface area (Å²) in [6, 6.07) is 11.0. The second-order valence-electron chi connectivity index (χ2n) is 6.27. The molecule has 2 aliphatic carbocycles. The van der Waals surface area contributed by atoms with Crippen LogP contribution in [-0.4, -0.2) is 0 Å². The predicted octanol–water partition coefficient (Wildman–Crippen LogP) is 4.92. The molecule has 0 spiro atoms. The molecule has 0 unspecified atom stereocenters. The molecular weight excluding hydrogens is 204 g/mol. The maximum Gasteiger partial charge on any atom is -0.0107 e. The van der Waals surface area contributed by atoms with Crippen molar-refractivity contribution in [3.8, 4) is 0 Å². The van der Waals surface area contributed by atoms with Gasteiger partial charge in [-0.25, -0.2) is 0 Å². The smallest absolute Gasteiger partial charge is 0.0107 e. The number of hydrogen-bond acceptors (Lipinski definition) is 0.